The molecule has 2 aromatic rings. The van der Waals surface area contributed by atoms with Gasteiger partial charge in [0.25, 0.3) is 0 Å². The summed E-state index contributed by atoms with van der Waals surface area (Å²) in [6.45, 7) is 4.11. The summed E-state index contributed by atoms with van der Waals surface area (Å²) in [6, 6.07) is 3.81. The van der Waals surface area contributed by atoms with Crippen LogP contribution in [-0.2, 0) is 6.42 Å². The maximum absolute atomic E-state index is 6.01. The SMILES string of the molecule is CCCc1nc2c(C)ccc(Cl)c2o1. The summed E-state index contributed by atoms with van der Waals surface area (Å²) in [5.74, 6) is 0.777. The van der Waals surface area contributed by atoms with E-state index in [1.54, 1.807) is 0 Å². The van der Waals surface area contributed by atoms with Gasteiger partial charge in [0.1, 0.15) is 5.52 Å². The molecule has 0 atom stereocenters. The minimum Gasteiger partial charge on any atom is -0.439 e. The zero-order valence-electron chi connectivity index (χ0n) is 8.30. The Kier molecular flexibility index (Phi) is 2.46. The highest BCUT2D eigenvalue weighted by Gasteiger charge is 2.10. The summed E-state index contributed by atoms with van der Waals surface area (Å²) in [6.07, 6.45) is 1.90. The number of halogens is 1. The molecule has 0 aliphatic carbocycles. The van der Waals surface area contributed by atoms with E-state index >= 15 is 0 Å². The first-order valence-corrected chi connectivity index (χ1v) is 5.14. The maximum Gasteiger partial charge on any atom is 0.195 e. The lowest BCUT2D eigenvalue weighted by atomic mass is 10.2. The molecule has 2 nitrogen and oxygen atoms in total. The Labute approximate surface area is 87.9 Å². The highest BCUT2D eigenvalue weighted by molar-refractivity contribution is 6.34. The van der Waals surface area contributed by atoms with Gasteiger partial charge in [0, 0.05) is 6.42 Å². The molecular weight excluding hydrogens is 198 g/mol. The number of oxazole rings is 1. The van der Waals surface area contributed by atoms with Crippen LogP contribution in [0.2, 0.25) is 5.02 Å². The quantitative estimate of drug-likeness (QED) is 0.753. The summed E-state index contributed by atoms with van der Waals surface area (Å²) in [5.41, 5.74) is 2.71. The van der Waals surface area contributed by atoms with Crippen LogP contribution in [0.4, 0.5) is 0 Å². The highest BCUT2D eigenvalue weighted by atomic mass is 35.5. The van der Waals surface area contributed by atoms with Gasteiger partial charge in [0.2, 0.25) is 0 Å². The van der Waals surface area contributed by atoms with Crippen LogP contribution in [0.15, 0.2) is 16.5 Å². The number of nitrogens with zero attached hydrogens (tertiary/aromatic N) is 1. The van der Waals surface area contributed by atoms with Crippen molar-refractivity contribution in [3.8, 4) is 0 Å². The monoisotopic (exact) mass is 209 g/mol. The third kappa shape index (κ3) is 1.50. The van der Waals surface area contributed by atoms with Crippen molar-refractivity contribution in [3.63, 3.8) is 0 Å². The predicted octanol–water partition coefficient (Wildman–Crippen LogP) is 3.74. The van der Waals surface area contributed by atoms with E-state index in [1.165, 1.54) is 0 Å². The van der Waals surface area contributed by atoms with Gasteiger partial charge in [-0.1, -0.05) is 24.6 Å². The second kappa shape index (κ2) is 3.62. The predicted molar refractivity (Wildman–Crippen MR) is 57.8 cm³/mol. The molecule has 14 heavy (non-hydrogen) atoms. The maximum atomic E-state index is 6.01. The fraction of sp³-hybridized carbons (Fsp3) is 0.364. The van der Waals surface area contributed by atoms with E-state index in [4.69, 9.17) is 16.0 Å². The van der Waals surface area contributed by atoms with Crippen molar-refractivity contribution in [1.29, 1.82) is 0 Å². The molecule has 74 valence electrons. The molecule has 0 spiro atoms. The molecule has 0 bridgehead atoms. The van der Waals surface area contributed by atoms with E-state index in [-0.39, 0.29) is 0 Å². The van der Waals surface area contributed by atoms with E-state index in [9.17, 15) is 0 Å². The molecule has 0 N–H and O–H groups in total. The molecule has 1 heterocycles. The Hall–Kier alpha value is -1.02. The van der Waals surface area contributed by atoms with Crippen LogP contribution in [0.1, 0.15) is 24.8 Å². The van der Waals surface area contributed by atoms with Gasteiger partial charge in [-0.2, -0.15) is 0 Å². The summed E-state index contributed by atoms with van der Waals surface area (Å²) in [7, 11) is 0. The number of fused-ring (bicyclic) bond motifs is 1. The van der Waals surface area contributed by atoms with E-state index in [1.807, 2.05) is 19.1 Å². The first-order valence-electron chi connectivity index (χ1n) is 4.77. The van der Waals surface area contributed by atoms with Gasteiger partial charge < -0.3 is 4.42 Å². The molecule has 2 rings (SSSR count). The third-order valence-corrected chi connectivity index (χ3v) is 2.50. The van der Waals surface area contributed by atoms with E-state index in [0.717, 1.165) is 35.4 Å². The van der Waals surface area contributed by atoms with Gasteiger partial charge in [-0.25, -0.2) is 4.98 Å². The Morgan fingerprint density at radius 2 is 2.21 bits per heavy atom. The molecule has 1 aromatic carbocycles. The Morgan fingerprint density at radius 1 is 1.43 bits per heavy atom. The van der Waals surface area contributed by atoms with E-state index < -0.39 is 0 Å². The van der Waals surface area contributed by atoms with Crippen LogP contribution in [0.25, 0.3) is 11.1 Å². The van der Waals surface area contributed by atoms with Crippen molar-refractivity contribution in [2.75, 3.05) is 0 Å². The summed E-state index contributed by atoms with van der Waals surface area (Å²) >= 11 is 6.01. The molecule has 0 aliphatic heterocycles. The number of benzene rings is 1. The Balaban J connectivity index is 2.63. The number of hydrogen-bond acceptors (Lipinski definition) is 2. The number of rotatable bonds is 2. The first-order chi connectivity index (χ1) is 6.72. The average molecular weight is 210 g/mol. The minimum absolute atomic E-state index is 0.639. The van der Waals surface area contributed by atoms with Crippen molar-refractivity contribution in [2.45, 2.75) is 26.7 Å². The highest BCUT2D eigenvalue weighted by Crippen LogP contribution is 2.27. The molecule has 0 aliphatic rings. The Bertz CT molecular complexity index is 423. The second-order valence-electron chi connectivity index (χ2n) is 3.40. The van der Waals surface area contributed by atoms with Crippen LogP contribution in [0, 0.1) is 6.92 Å². The molecule has 0 radical (unpaired) electrons. The summed E-state index contributed by atoms with van der Waals surface area (Å²) in [5, 5.41) is 0.639. The van der Waals surface area contributed by atoms with E-state index in [2.05, 4.69) is 11.9 Å². The van der Waals surface area contributed by atoms with Crippen LogP contribution in [-0.4, -0.2) is 4.98 Å². The lowest BCUT2D eigenvalue weighted by Crippen LogP contribution is -1.81. The van der Waals surface area contributed by atoms with Crippen LogP contribution >= 0.6 is 11.6 Å². The number of aryl methyl sites for hydroxylation is 2. The third-order valence-electron chi connectivity index (χ3n) is 2.21. The molecule has 0 fully saturated rings. The molecule has 0 amide bonds. The van der Waals surface area contributed by atoms with Gasteiger partial charge in [0.05, 0.1) is 5.02 Å². The molecule has 0 saturated carbocycles. The van der Waals surface area contributed by atoms with Crippen molar-refractivity contribution < 1.29 is 4.42 Å². The average Bonchev–Trinajstić information content (AvgIpc) is 2.57. The standard InChI is InChI=1S/C11H12ClNO/c1-3-4-9-13-10-7(2)5-6-8(12)11(10)14-9/h5-6H,3-4H2,1-2H3. The fourth-order valence-electron chi connectivity index (χ4n) is 1.47. The smallest absolute Gasteiger partial charge is 0.195 e. The van der Waals surface area contributed by atoms with Crippen molar-refractivity contribution in [3.05, 3.63) is 28.6 Å². The van der Waals surface area contributed by atoms with Gasteiger partial charge in [-0.05, 0) is 25.0 Å². The molecule has 0 saturated heterocycles. The van der Waals surface area contributed by atoms with Crippen molar-refractivity contribution in [2.24, 2.45) is 0 Å². The first kappa shape index (κ1) is 9.53. The van der Waals surface area contributed by atoms with Crippen LogP contribution < -0.4 is 0 Å². The number of aromatic nitrogens is 1. The van der Waals surface area contributed by atoms with Gasteiger partial charge in [-0.15, -0.1) is 0 Å². The van der Waals surface area contributed by atoms with Gasteiger partial charge >= 0.3 is 0 Å². The van der Waals surface area contributed by atoms with Gasteiger partial charge in [0.15, 0.2) is 11.5 Å². The topological polar surface area (TPSA) is 26.0 Å². The number of hydrogen-bond donors (Lipinski definition) is 0. The minimum atomic E-state index is 0.639. The normalized spacial score (nSPS) is 11.1. The molecule has 0 unspecified atom stereocenters. The zero-order valence-corrected chi connectivity index (χ0v) is 9.06. The molecule has 3 heteroatoms. The van der Waals surface area contributed by atoms with E-state index in [0.29, 0.717) is 5.02 Å². The summed E-state index contributed by atoms with van der Waals surface area (Å²) in [4.78, 5) is 4.41. The Morgan fingerprint density at radius 3 is 2.86 bits per heavy atom. The second-order valence-corrected chi connectivity index (χ2v) is 3.81. The zero-order chi connectivity index (χ0) is 10.1. The van der Waals surface area contributed by atoms with Crippen LogP contribution in [0.5, 0.6) is 0 Å². The summed E-state index contributed by atoms with van der Waals surface area (Å²) < 4.78 is 5.58. The molecular formula is C11H12ClNO. The fourth-order valence-corrected chi connectivity index (χ4v) is 1.66. The largest absolute Gasteiger partial charge is 0.439 e. The lowest BCUT2D eigenvalue weighted by Gasteiger charge is -1.93. The molecule has 1 aromatic heterocycles. The lowest BCUT2D eigenvalue weighted by molar-refractivity contribution is 0.525. The van der Waals surface area contributed by atoms with Gasteiger partial charge in [-0.3, -0.25) is 0 Å². The van der Waals surface area contributed by atoms with Crippen molar-refractivity contribution in [1.82, 2.24) is 4.98 Å². The van der Waals surface area contributed by atoms with Crippen LogP contribution in [0.3, 0.4) is 0 Å². The van der Waals surface area contributed by atoms with Crippen molar-refractivity contribution >= 4 is 22.7 Å².